The Bertz CT molecular complexity index is 961. The minimum atomic E-state index is -0.769. The Labute approximate surface area is 194 Å². The average molecular weight is 453 g/mol. The van der Waals surface area contributed by atoms with Gasteiger partial charge >= 0.3 is 12.0 Å². The van der Waals surface area contributed by atoms with E-state index < -0.39 is 5.97 Å². The molecule has 0 radical (unpaired) electrons. The Morgan fingerprint density at radius 3 is 2.42 bits per heavy atom. The number of carbonyl (C=O) groups is 3. The summed E-state index contributed by atoms with van der Waals surface area (Å²) in [7, 11) is 0. The molecular weight excluding hydrogens is 420 g/mol. The third-order valence-corrected chi connectivity index (χ3v) is 5.77. The smallest absolute Gasteiger partial charge is 0.323 e. The van der Waals surface area contributed by atoms with Gasteiger partial charge in [-0.05, 0) is 62.2 Å². The van der Waals surface area contributed by atoms with Gasteiger partial charge in [-0.3, -0.25) is 9.59 Å². The van der Waals surface area contributed by atoms with Crippen LogP contribution in [0.2, 0.25) is 0 Å². The zero-order valence-electron chi connectivity index (χ0n) is 19.0. The van der Waals surface area contributed by atoms with E-state index in [9.17, 15) is 14.4 Å². The van der Waals surface area contributed by atoms with Crippen LogP contribution in [-0.2, 0) is 16.0 Å². The molecule has 2 aromatic rings. The average Bonchev–Trinajstić information content (AvgIpc) is 3.02. The summed E-state index contributed by atoms with van der Waals surface area (Å²) in [5.41, 5.74) is 3.30. The number of urea groups is 1. The van der Waals surface area contributed by atoms with Gasteiger partial charge in [0.2, 0.25) is 5.91 Å². The molecule has 0 unspecified atom stereocenters. The van der Waals surface area contributed by atoms with Gasteiger partial charge in [-0.2, -0.15) is 0 Å². The second-order valence-electron chi connectivity index (χ2n) is 8.34. The molecule has 1 aliphatic heterocycles. The van der Waals surface area contributed by atoms with E-state index in [1.165, 1.54) is 0 Å². The van der Waals surface area contributed by atoms with E-state index in [-0.39, 0.29) is 18.4 Å². The number of para-hydroxylation sites is 1. The summed E-state index contributed by atoms with van der Waals surface area (Å²) in [6, 6.07) is 14.6. The van der Waals surface area contributed by atoms with Crippen molar-refractivity contribution in [1.29, 1.82) is 0 Å². The molecule has 2 aromatic carbocycles. The van der Waals surface area contributed by atoms with E-state index in [0.29, 0.717) is 31.6 Å². The van der Waals surface area contributed by atoms with Gasteiger partial charge in [0.15, 0.2) is 0 Å². The van der Waals surface area contributed by atoms with Crippen LogP contribution in [0.3, 0.4) is 0 Å². The number of rotatable bonds is 8. The summed E-state index contributed by atoms with van der Waals surface area (Å²) in [5.74, 6) is -0.685. The van der Waals surface area contributed by atoms with Gasteiger partial charge in [-0.1, -0.05) is 30.3 Å². The van der Waals surface area contributed by atoms with Crippen molar-refractivity contribution in [2.45, 2.75) is 32.6 Å². The van der Waals surface area contributed by atoms with Crippen molar-refractivity contribution < 1.29 is 19.5 Å². The maximum absolute atomic E-state index is 12.8. The van der Waals surface area contributed by atoms with E-state index in [0.717, 1.165) is 42.9 Å². The van der Waals surface area contributed by atoms with Crippen LogP contribution < -0.4 is 10.6 Å². The highest BCUT2D eigenvalue weighted by molar-refractivity contribution is 6.00. The third-order valence-electron chi connectivity index (χ3n) is 5.77. The molecule has 1 heterocycles. The van der Waals surface area contributed by atoms with Gasteiger partial charge in [0.25, 0.3) is 0 Å². The molecule has 1 fully saturated rings. The summed E-state index contributed by atoms with van der Waals surface area (Å²) < 4.78 is 0. The number of aliphatic carboxylic acids is 1. The predicted octanol–water partition coefficient (Wildman–Crippen LogP) is 3.58. The number of aryl methyl sites for hydroxylation is 1. The SMILES string of the molecule is Cc1ccccc1NC(=O)Nc1ccc(CC(=O)N2CCCN(CCCC(=O)O)CC2)cc1. The zero-order valence-corrected chi connectivity index (χ0v) is 19.0. The van der Waals surface area contributed by atoms with Crippen LogP contribution in [0, 0.1) is 6.92 Å². The monoisotopic (exact) mass is 452 g/mol. The Kier molecular flexibility index (Phi) is 8.83. The van der Waals surface area contributed by atoms with E-state index >= 15 is 0 Å². The standard InChI is InChI=1S/C25H32N4O4/c1-19-6-2-3-7-22(19)27-25(33)26-21-11-9-20(10-12-21)18-23(30)29-15-5-14-28(16-17-29)13-4-8-24(31)32/h2-3,6-7,9-12H,4-5,8,13-18H2,1H3,(H,31,32)(H2,26,27,33). The molecule has 0 aromatic heterocycles. The van der Waals surface area contributed by atoms with Crippen LogP contribution in [0.1, 0.15) is 30.4 Å². The number of carboxylic acids is 1. The summed E-state index contributed by atoms with van der Waals surface area (Å²) in [6.07, 6.45) is 2.01. The zero-order chi connectivity index (χ0) is 23.6. The van der Waals surface area contributed by atoms with Crippen LogP contribution in [0.25, 0.3) is 0 Å². The molecule has 3 amide bonds. The molecule has 0 bridgehead atoms. The topological polar surface area (TPSA) is 102 Å². The third kappa shape index (κ3) is 7.91. The highest BCUT2D eigenvalue weighted by Gasteiger charge is 2.19. The maximum Gasteiger partial charge on any atom is 0.323 e. The van der Waals surface area contributed by atoms with Gasteiger partial charge in [0.1, 0.15) is 0 Å². The molecule has 3 rings (SSSR count). The van der Waals surface area contributed by atoms with E-state index in [2.05, 4.69) is 15.5 Å². The quantitative estimate of drug-likeness (QED) is 0.568. The van der Waals surface area contributed by atoms with Gasteiger partial charge in [0.05, 0.1) is 6.42 Å². The second kappa shape index (κ2) is 12.0. The lowest BCUT2D eigenvalue weighted by Gasteiger charge is -2.22. The van der Waals surface area contributed by atoms with Crippen molar-refractivity contribution in [3.8, 4) is 0 Å². The first-order valence-electron chi connectivity index (χ1n) is 11.4. The number of carboxylic acid groups (broad SMARTS) is 1. The predicted molar refractivity (Wildman–Crippen MR) is 128 cm³/mol. The minimum absolute atomic E-state index is 0.0837. The number of nitrogens with one attached hydrogen (secondary N) is 2. The molecular formula is C25H32N4O4. The van der Waals surface area contributed by atoms with Crippen molar-refractivity contribution in [3.05, 3.63) is 59.7 Å². The van der Waals surface area contributed by atoms with Crippen molar-refractivity contribution in [2.24, 2.45) is 0 Å². The van der Waals surface area contributed by atoms with E-state index in [1.54, 1.807) is 12.1 Å². The van der Waals surface area contributed by atoms with Gasteiger partial charge in [-0.25, -0.2) is 4.79 Å². The largest absolute Gasteiger partial charge is 0.481 e. The van der Waals surface area contributed by atoms with Crippen LogP contribution in [0.4, 0.5) is 16.2 Å². The van der Waals surface area contributed by atoms with Crippen LogP contribution in [-0.4, -0.2) is 65.5 Å². The lowest BCUT2D eigenvalue weighted by Crippen LogP contribution is -2.36. The lowest BCUT2D eigenvalue weighted by atomic mass is 10.1. The van der Waals surface area contributed by atoms with Crippen molar-refractivity contribution in [2.75, 3.05) is 43.4 Å². The maximum atomic E-state index is 12.8. The molecule has 0 aliphatic carbocycles. The summed E-state index contributed by atoms with van der Waals surface area (Å²) in [5, 5.41) is 14.4. The first-order valence-corrected chi connectivity index (χ1v) is 11.4. The van der Waals surface area contributed by atoms with Crippen molar-refractivity contribution in [3.63, 3.8) is 0 Å². The first-order chi connectivity index (χ1) is 15.9. The molecule has 8 nitrogen and oxygen atoms in total. The molecule has 8 heteroatoms. The minimum Gasteiger partial charge on any atom is -0.481 e. The molecule has 0 saturated carbocycles. The fraction of sp³-hybridized carbons (Fsp3) is 0.400. The number of benzene rings is 2. The number of hydrogen-bond acceptors (Lipinski definition) is 4. The van der Waals surface area contributed by atoms with Crippen LogP contribution >= 0.6 is 0 Å². The van der Waals surface area contributed by atoms with Crippen molar-refractivity contribution >= 4 is 29.3 Å². The highest BCUT2D eigenvalue weighted by atomic mass is 16.4. The molecule has 0 spiro atoms. The van der Waals surface area contributed by atoms with Gasteiger partial charge < -0.3 is 25.5 Å². The molecule has 1 saturated heterocycles. The number of anilines is 2. The summed E-state index contributed by atoms with van der Waals surface area (Å²) >= 11 is 0. The highest BCUT2D eigenvalue weighted by Crippen LogP contribution is 2.15. The van der Waals surface area contributed by atoms with Crippen LogP contribution in [0.5, 0.6) is 0 Å². The summed E-state index contributed by atoms with van der Waals surface area (Å²) in [6.45, 7) is 5.71. The molecule has 1 aliphatic rings. The molecule has 0 atom stereocenters. The first kappa shape index (κ1) is 24.3. The van der Waals surface area contributed by atoms with Crippen molar-refractivity contribution in [1.82, 2.24) is 9.80 Å². The molecule has 3 N–H and O–H groups in total. The van der Waals surface area contributed by atoms with Gasteiger partial charge in [-0.15, -0.1) is 0 Å². The fourth-order valence-corrected chi connectivity index (χ4v) is 3.89. The fourth-order valence-electron chi connectivity index (χ4n) is 3.89. The summed E-state index contributed by atoms with van der Waals surface area (Å²) in [4.78, 5) is 39.8. The Hall–Kier alpha value is -3.39. The van der Waals surface area contributed by atoms with E-state index in [4.69, 9.17) is 5.11 Å². The Morgan fingerprint density at radius 2 is 1.70 bits per heavy atom. The number of carbonyl (C=O) groups excluding carboxylic acids is 2. The second-order valence-corrected chi connectivity index (χ2v) is 8.34. The lowest BCUT2D eigenvalue weighted by molar-refractivity contribution is -0.137. The van der Waals surface area contributed by atoms with Crippen LogP contribution in [0.15, 0.2) is 48.5 Å². The van der Waals surface area contributed by atoms with E-state index in [1.807, 2.05) is 48.2 Å². The molecule has 176 valence electrons. The Balaban J connectivity index is 1.45. The number of amides is 3. The number of hydrogen-bond donors (Lipinski definition) is 3. The number of nitrogens with zero attached hydrogens (tertiary/aromatic N) is 2. The normalized spacial score (nSPS) is 14.4. The Morgan fingerprint density at radius 1 is 0.939 bits per heavy atom. The molecule has 33 heavy (non-hydrogen) atoms. The van der Waals surface area contributed by atoms with Gasteiger partial charge in [0, 0.05) is 37.4 Å².